The topological polar surface area (TPSA) is 33.2 Å². The molecule has 1 aromatic carbocycles. The Hall–Kier alpha value is -2.30. The fraction of sp³-hybridized carbons (Fsp3) is 0.200. The number of hydrogen-bond acceptors (Lipinski definition) is 2. The van der Waals surface area contributed by atoms with Crippen LogP contribution in [0.15, 0.2) is 30.6 Å². The van der Waals surface area contributed by atoms with Gasteiger partial charge in [0.2, 0.25) is 5.91 Å². The van der Waals surface area contributed by atoms with E-state index in [2.05, 4.69) is 4.98 Å². The standard InChI is InChI=1S/C15H12F2N2O/c1-19-14-6-13(17)12(5-9(14)2-3-15(19)20)10-4-11(16)8-18-7-10/h4-8H,2-3H2,1H3. The number of fused-ring (bicyclic) bond motifs is 1. The molecule has 1 aromatic heterocycles. The summed E-state index contributed by atoms with van der Waals surface area (Å²) in [6, 6.07) is 4.24. The van der Waals surface area contributed by atoms with Crippen LogP contribution < -0.4 is 4.90 Å². The number of anilines is 1. The number of aryl methyl sites for hydroxylation is 1. The molecule has 20 heavy (non-hydrogen) atoms. The highest BCUT2D eigenvalue weighted by Gasteiger charge is 2.23. The highest BCUT2D eigenvalue weighted by atomic mass is 19.1. The fourth-order valence-corrected chi connectivity index (χ4v) is 2.44. The van der Waals surface area contributed by atoms with Gasteiger partial charge >= 0.3 is 0 Å². The maximum absolute atomic E-state index is 14.2. The third-order valence-corrected chi connectivity index (χ3v) is 3.53. The van der Waals surface area contributed by atoms with E-state index in [1.807, 2.05) is 0 Å². The van der Waals surface area contributed by atoms with E-state index in [9.17, 15) is 13.6 Å². The summed E-state index contributed by atoms with van der Waals surface area (Å²) in [6.07, 6.45) is 3.46. The summed E-state index contributed by atoms with van der Waals surface area (Å²) in [6.45, 7) is 0. The molecule has 2 aromatic rings. The largest absolute Gasteiger partial charge is 0.315 e. The van der Waals surface area contributed by atoms with Crippen molar-refractivity contribution in [2.45, 2.75) is 12.8 Å². The molecule has 0 N–H and O–H groups in total. The Morgan fingerprint density at radius 2 is 1.95 bits per heavy atom. The van der Waals surface area contributed by atoms with Gasteiger partial charge in [0.05, 0.1) is 6.20 Å². The van der Waals surface area contributed by atoms with Gasteiger partial charge in [0.15, 0.2) is 0 Å². The van der Waals surface area contributed by atoms with Crippen molar-refractivity contribution in [2.75, 3.05) is 11.9 Å². The third kappa shape index (κ3) is 2.05. The second-order valence-corrected chi connectivity index (χ2v) is 4.81. The summed E-state index contributed by atoms with van der Waals surface area (Å²) in [4.78, 5) is 16.8. The maximum atomic E-state index is 14.2. The fourth-order valence-electron chi connectivity index (χ4n) is 2.44. The minimum Gasteiger partial charge on any atom is -0.315 e. The molecular weight excluding hydrogens is 262 g/mol. The molecule has 0 aliphatic carbocycles. The first-order valence-corrected chi connectivity index (χ1v) is 6.26. The zero-order chi connectivity index (χ0) is 14.3. The van der Waals surface area contributed by atoms with E-state index in [4.69, 9.17) is 0 Å². The highest BCUT2D eigenvalue weighted by molar-refractivity contribution is 5.96. The summed E-state index contributed by atoms with van der Waals surface area (Å²) in [5.74, 6) is -1.03. The minimum absolute atomic E-state index is 0.0305. The number of halogens is 2. The van der Waals surface area contributed by atoms with Crippen molar-refractivity contribution in [1.82, 2.24) is 4.98 Å². The maximum Gasteiger partial charge on any atom is 0.227 e. The molecule has 0 saturated carbocycles. The summed E-state index contributed by atoms with van der Waals surface area (Å²) in [7, 11) is 1.63. The molecular formula is C15H12F2N2O. The van der Waals surface area contributed by atoms with Gasteiger partial charge in [0.1, 0.15) is 11.6 Å². The molecule has 0 fully saturated rings. The molecule has 1 amide bonds. The Morgan fingerprint density at radius 3 is 2.70 bits per heavy atom. The van der Waals surface area contributed by atoms with Crippen LogP contribution in [0.25, 0.3) is 11.1 Å². The molecule has 102 valence electrons. The molecule has 0 atom stereocenters. The van der Waals surface area contributed by atoms with Crippen molar-refractivity contribution in [1.29, 1.82) is 0 Å². The number of carbonyl (C=O) groups is 1. The Balaban J connectivity index is 2.13. The van der Waals surface area contributed by atoms with Crippen LogP contribution in [0, 0.1) is 11.6 Å². The Labute approximate surface area is 114 Å². The van der Waals surface area contributed by atoms with E-state index in [1.54, 1.807) is 13.1 Å². The van der Waals surface area contributed by atoms with Crippen molar-refractivity contribution < 1.29 is 13.6 Å². The molecule has 2 heterocycles. The summed E-state index contributed by atoms with van der Waals surface area (Å²) in [5.41, 5.74) is 2.16. The first-order valence-electron chi connectivity index (χ1n) is 6.26. The quantitative estimate of drug-likeness (QED) is 0.801. The molecule has 0 unspecified atom stereocenters. The number of rotatable bonds is 1. The molecule has 1 aliphatic heterocycles. The Kier molecular flexibility index (Phi) is 2.97. The Bertz CT molecular complexity index is 700. The molecule has 3 nitrogen and oxygen atoms in total. The van der Waals surface area contributed by atoms with Gasteiger partial charge in [0.25, 0.3) is 0 Å². The lowest BCUT2D eigenvalue weighted by molar-refractivity contribution is -0.118. The van der Waals surface area contributed by atoms with Crippen LogP contribution in [0.2, 0.25) is 0 Å². The molecule has 1 aliphatic rings. The van der Waals surface area contributed by atoms with Gasteiger partial charge < -0.3 is 4.90 Å². The lowest BCUT2D eigenvalue weighted by Gasteiger charge is -2.26. The molecule has 0 saturated heterocycles. The van der Waals surface area contributed by atoms with Crippen LogP contribution in [-0.4, -0.2) is 17.9 Å². The number of benzene rings is 1. The molecule has 5 heteroatoms. The van der Waals surface area contributed by atoms with E-state index in [0.29, 0.717) is 29.7 Å². The lowest BCUT2D eigenvalue weighted by atomic mass is 9.96. The predicted molar refractivity (Wildman–Crippen MR) is 71.3 cm³/mol. The first kappa shape index (κ1) is 12.7. The normalized spacial score (nSPS) is 14.3. The van der Waals surface area contributed by atoms with Gasteiger partial charge in [-0.3, -0.25) is 9.78 Å². The lowest BCUT2D eigenvalue weighted by Crippen LogP contribution is -2.31. The summed E-state index contributed by atoms with van der Waals surface area (Å²) >= 11 is 0. The van der Waals surface area contributed by atoms with Crippen LogP contribution in [0.4, 0.5) is 14.5 Å². The van der Waals surface area contributed by atoms with Crippen LogP contribution >= 0.6 is 0 Å². The van der Waals surface area contributed by atoms with Gasteiger partial charge in [0, 0.05) is 36.5 Å². The second kappa shape index (κ2) is 4.67. The van der Waals surface area contributed by atoms with E-state index >= 15 is 0 Å². The SMILES string of the molecule is CN1C(=O)CCc2cc(-c3cncc(F)c3)c(F)cc21. The highest BCUT2D eigenvalue weighted by Crippen LogP contribution is 2.33. The monoisotopic (exact) mass is 274 g/mol. The first-order chi connectivity index (χ1) is 9.56. The van der Waals surface area contributed by atoms with E-state index in [-0.39, 0.29) is 5.91 Å². The van der Waals surface area contributed by atoms with Crippen LogP contribution in [-0.2, 0) is 11.2 Å². The summed E-state index contributed by atoms with van der Waals surface area (Å²) < 4.78 is 27.4. The Morgan fingerprint density at radius 1 is 1.15 bits per heavy atom. The van der Waals surface area contributed by atoms with Crippen LogP contribution in [0.5, 0.6) is 0 Å². The van der Waals surface area contributed by atoms with Gasteiger partial charge in [-0.05, 0) is 30.2 Å². The van der Waals surface area contributed by atoms with Crippen molar-refractivity contribution >= 4 is 11.6 Å². The van der Waals surface area contributed by atoms with Crippen molar-refractivity contribution in [3.8, 4) is 11.1 Å². The average molecular weight is 274 g/mol. The molecule has 0 radical (unpaired) electrons. The van der Waals surface area contributed by atoms with Crippen molar-refractivity contribution in [2.24, 2.45) is 0 Å². The van der Waals surface area contributed by atoms with E-state index in [0.717, 1.165) is 11.8 Å². The number of aromatic nitrogens is 1. The van der Waals surface area contributed by atoms with E-state index in [1.165, 1.54) is 23.2 Å². The second-order valence-electron chi connectivity index (χ2n) is 4.81. The zero-order valence-corrected chi connectivity index (χ0v) is 10.9. The smallest absolute Gasteiger partial charge is 0.227 e. The minimum atomic E-state index is -0.507. The van der Waals surface area contributed by atoms with Crippen molar-refractivity contribution in [3.05, 3.63) is 47.8 Å². The predicted octanol–water partition coefficient (Wildman–Crippen LogP) is 2.94. The molecule has 0 bridgehead atoms. The molecule has 0 spiro atoms. The van der Waals surface area contributed by atoms with Gasteiger partial charge in [-0.2, -0.15) is 0 Å². The zero-order valence-electron chi connectivity index (χ0n) is 10.9. The van der Waals surface area contributed by atoms with Crippen LogP contribution in [0.1, 0.15) is 12.0 Å². The van der Waals surface area contributed by atoms with E-state index < -0.39 is 11.6 Å². The van der Waals surface area contributed by atoms with Gasteiger partial charge in [-0.15, -0.1) is 0 Å². The van der Waals surface area contributed by atoms with Gasteiger partial charge in [-0.25, -0.2) is 8.78 Å². The summed E-state index contributed by atoms with van der Waals surface area (Å²) in [5, 5.41) is 0. The number of pyridine rings is 1. The van der Waals surface area contributed by atoms with Crippen LogP contribution in [0.3, 0.4) is 0 Å². The number of carbonyl (C=O) groups excluding carboxylic acids is 1. The van der Waals surface area contributed by atoms with Crippen molar-refractivity contribution in [3.63, 3.8) is 0 Å². The third-order valence-electron chi connectivity index (χ3n) is 3.53. The number of nitrogens with zero attached hydrogens (tertiary/aromatic N) is 2. The number of amides is 1. The molecule has 3 rings (SSSR count). The number of hydrogen-bond donors (Lipinski definition) is 0. The average Bonchev–Trinajstić information content (AvgIpc) is 2.43. The van der Waals surface area contributed by atoms with Gasteiger partial charge in [-0.1, -0.05) is 0 Å².